The Morgan fingerprint density at radius 3 is 2.97 bits per heavy atom. The molecule has 3 aliphatic heterocycles. The standard InChI is InChI=1S/C29H38FN3O4/c30-21-10-12-24(25(18-21)26-8-2-4-17-37-26)27(29(34)35)33-15-13-23(19-33)36-16-3-1-7-22-11-9-20-6-5-14-31-28(20)32-22/h9-12,18,23,26-27H,1-8,13-17,19H2,(H,31,32)(H,34,35)/t23-,26?,27-/m1/s1. The molecule has 37 heavy (non-hydrogen) atoms. The molecule has 3 aliphatic rings. The molecule has 0 saturated carbocycles. The van der Waals surface area contributed by atoms with Crippen molar-refractivity contribution < 1.29 is 23.8 Å². The molecule has 0 bridgehead atoms. The van der Waals surface area contributed by atoms with E-state index < -0.39 is 12.0 Å². The molecule has 0 spiro atoms. The van der Waals surface area contributed by atoms with Crippen LogP contribution in [0.3, 0.4) is 0 Å². The lowest BCUT2D eigenvalue weighted by atomic mass is 9.92. The molecular weight excluding hydrogens is 473 g/mol. The summed E-state index contributed by atoms with van der Waals surface area (Å²) in [5.74, 6) is -0.240. The predicted octanol–water partition coefficient (Wildman–Crippen LogP) is 5.06. The summed E-state index contributed by atoms with van der Waals surface area (Å²) >= 11 is 0. The molecule has 0 radical (unpaired) electrons. The number of carbonyl (C=O) groups is 1. The third-order valence-electron chi connectivity index (χ3n) is 7.78. The SMILES string of the molecule is O=C(O)[C@@H](c1ccc(F)cc1C1CCCCO1)N1CC[C@@H](OCCCCc2ccc3c(n2)NCCC3)C1. The first-order valence-corrected chi connectivity index (χ1v) is 13.8. The molecule has 2 fully saturated rings. The number of benzene rings is 1. The molecule has 0 amide bonds. The van der Waals surface area contributed by atoms with Gasteiger partial charge in [-0.3, -0.25) is 9.69 Å². The van der Waals surface area contributed by atoms with Crippen LogP contribution in [0.5, 0.6) is 0 Å². The number of likely N-dealkylation sites (tertiary alicyclic amines) is 1. The number of hydrogen-bond donors (Lipinski definition) is 2. The number of hydrogen-bond acceptors (Lipinski definition) is 6. The first kappa shape index (κ1) is 26.1. The minimum atomic E-state index is -0.920. The molecule has 2 saturated heterocycles. The summed E-state index contributed by atoms with van der Waals surface area (Å²) in [6.45, 7) is 3.46. The van der Waals surface area contributed by atoms with Crippen molar-refractivity contribution in [1.82, 2.24) is 9.88 Å². The maximum atomic E-state index is 14.1. The normalized spacial score (nSPS) is 22.8. The minimum absolute atomic E-state index is 0.00254. The van der Waals surface area contributed by atoms with E-state index in [0.29, 0.717) is 37.4 Å². The molecule has 2 N–H and O–H groups in total. The Kier molecular flexibility index (Phi) is 8.69. The number of halogens is 1. The van der Waals surface area contributed by atoms with Crippen LogP contribution in [0, 0.1) is 5.82 Å². The van der Waals surface area contributed by atoms with Gasteiger partial charge in [0.1, 0.15) is 17.7 Å². The Hall–Kier alpha value is -2.55. The molecule has 1 aromatic heterocycles. The second kappa shape index (κ2) is 12.3. The maximum absolute atomic E-state index is 14.1. The highest BCUT2D eigenvalue weighted by Gasteiger charge is 2.36. The summed E-state index contributed by atoms with van der Waals surface area (Å²) in [5, 5.41) is 13.6. The topological polar surface area (TPSA) is 83.9 Å². The number of aryl methyl sites for hydroxylation is 2. The van der Waals surface area contributed by atoms with Crippen LogP contribution in [-0.2, 0) is 27.1 Å². The Morgan fingerprint density at radius 1 is 1.22 bits per heavy atom. The van der Waals surface area contributed by atoms with Crippen molar-refractivity contribution in [1.29, 1.82) is 0 Å². The van der Waals surface area contributed by atoms with Gasteiger partial charge in [0.2, 0.25) is 0 Å². The Balaban J connectivity index is 1.13. The molecule has 3 atom stereocenters. The number of anilines is 1. The molecule has 8 heteroatoms. The number of ether oxygens (including phenoxy) is 2. The van der Waals surface area contributed by atoms with E-state index in [4.69, 9.17) is 14.5 Å². The van der Waals surface area contributed by atoms with Gasteiger partial charge in [-0.05, 0) is 92.7 Å². The fraction of sp³-hybridized carbons (Fsp3) is 0.586. The second-order valence-corrected chi connectivity index (χ2v) is 10.4. The number of nitrogens with zero attached hydrogens (tertiary/aromatic N) is 2. The zero-order valence-electron chi connectivity index (χ0n) is 21.5. The summed E-state index contributed by atoms with van der Waals surface area (Å²) < 4.78 is 26.2. The molecule has 5 rings (SSSR count). The van der Waals surface area contributed by atoms with Crippen LogP contribution in [0.25, 0.3) is 0 Å². The Morgan fingerprint density at radius 2 is 2.14 bits per heavy atom. The number of aromatic nitrogens is 1. The van der Waals surface area contributed by atoms with Gasteiger partial charge in [-0.1, -0.05) is 12.1 Å². The lowest BCUT2D eigenvalue weighted by molar-refractivity contribution is -0.143. The second-order valence-electron chi connectivity index (χ2n) is 10.4. The van der Waals surface area contributed by atoms with E-state index in [2.05, 4.69) is 17.4 Å². The van der Waals surface area contributed by atoms with E-state index in [0.717, 1.165) is 75.8 Å². The van der Waals surface area contributed by atoms with Crippen molar-refractivity contribution >= 4 is 11.8 Å². The van der Waals surface area contributed by atoms with E-state index in [1.807, 2.05) is 4.90 Å². The van der Waals surface area contributed by atoms with Gasteiger partial charge in [-0.2, -0.15) is 0 Å². The van der Waals surface area contributed by atoms with Crippen molar-refractivity contribution in [3.63, 3.8) is 0 Å². The largest absolute Gasteiger partial charge is 0.480 e. The highest BCUT2D eigenvalue weighted by molar-refractivity contribution is 5.76. The molecule has 7 nitrogen and oxygen atoms in total. The van der Waals surface area contributed by atoms with Crippen molar-refractivity contribution in [2.24, 2.45) is 0 Å². The Labute approximate surface area is 218 Å². The van der Waals surface area contributed by atoms with Crippen molar-refractivity contribution in [3.8, 4) is 0 Å². The summed E-state index contributed by atoms with van der Waals surface area (Å²) in [6, 6.07) is 7.93. The van der Waals surface area contributed by atoms with Crippen molar-refractivity contribution in [2.45, 2.75) is 76.0 Å². The summed E-state index contributed by atoms with van der Waals surface area (Å²) in [7, 11) is 0. The monoisotopic (exact) mass is 511 g/mol. The number of nitrogens with one attached hydrogen (secondary N) is 1. The highest BCUT2D eigenvalue weighted by atomic mass is 19.1. The van der Waals surface area contributed by atoms with Crippen LogP contribution in [0.15, 0.2) is 30.3 Å². The zero-order chi connectivity index (χ0) is 25.6. The number of unbranched alkanes of at least 4 members (excludes halogenated alkanes) is 1. The van der Waals surface area contributed by atoms with E-state index in [1.54, 1.807) is 6.07 Å². The van der Waals surface area contributed by atoms with Crippen LogP contribution in [0.1, 0.15) is 79.5 Å². The first-order chi connectivity index (χ1) is 18.1. The molecule has 0 aliphatic carbocycles. The van der Waals surface area contributed by atoms with E-state index >= 15 is 0 Å². The fourth-order valence-corrected chi connectivity index (χ4v) is 5.84. The van der Waals surface area contributed by atoms with Crippen LogP contribution >= 0.6 is 0 Å². The van der Waals surface area contributed by atoms with Gasteiger partial charge in [0.05, 0.1) is 12.2 Å². The van der Waals surface area contributed by atoms with Gasteiger partial charge in [-0.25, -0.2) is 9.37 Å². The van der Waals surface area contributed by atoms with Gasteiger partial charge < -0.3 is 19.9 Å². The molecule has 4 heterocycles. The van der Waals surface area contributed by atoms with Gasteiger partial charge in [0, 0.05) is 38.5 Å². The van der Waals surface area contributed by atoms with Crippen LogP contribution in [0.4, 0.5) is 10.2 Å². The Bertz CT molecular complexity index is 1080. The summed E-state index contributed by atoms with van der Waals surface area (Å²) in [6.07, 6.45) is 8.43. The first-order valence-electron chi connectivity index (χ1n) is 13.8. The van der Waals surface area contributed by atoms with Crippen molar-refractivity contribution in [3.05, 3.63) is 58.5 Å². The van der Waals surface area contributed by atoms with Crippen LogP contribution in [0.2, 0.25) is 0 Å². The molecule has 1 unspecified atom stereocenters. The average molecular weight is 512 g/mol. The third kappa shape index (κ3) is 6.48. The van der Waals surface area contributed by atoms with Gasteiger partial charge in [0.25, 0.3) is 0 Å². The van der Waals surface area contributed by atoms with Gasteiger partial charge in [0.15, 0.2) is 0 Å². The van der Waals surface area contributed by atoms with E-state index in [9.17, 15) is 14.3 Å². The zero-order valence-corrected chi connectivity index (χ0v) is 21.5. The number of rotatable bonds is 10. The summed E-state index contributed by atoms with van der Waals surface area (Å²) in [4.78, 5) is 19.1. The molecule has 2 aromatic rings. The maximum Gasteiger partial charge on any atom is 0.325 e. The number of fused-ring (bicyclic) bond motifs is 1. The van der Waals surface area contributed by atoms with E-state index in [1.165, 1.54) is 17.7 Å². The number of carboxylic acid groups (broad SMARTS) is 1. The number of carboxylic acids is 1. The van der Waals surface area contributed by atoms with E-state index in [-0.39, 0.29) is 18.0 Å². The summed E-state index contributed by atoms with van der Waals surface area (Å²) in [5.41, 5.74) is 3.72. The van der Waals surface area contributed by atoms with Crippen LogP contribution in [-0.4, -0.2) is 59.9 Å². The number of pyridine rings is 1. The smallest absolute Gasteiger partial charge is 0.325 e. The number of aliphatic carboxylic acids is 1. The van der Waals surface area contributed by atoms with Gasteiger partial charge >= 0.3 is 5.97 Å². The van der Waals surface area contributed by atoms with Gasteiger partial charge in [-0.15, -0.1) is 0 Å². The molecular formula is C29H38FN3O4. The predicted molar refractivity (Wildman–Crippen MR) is 139 cm³/mol. The minimum Gasteiger partial charge on any atom is -0.480 e. The lowest BCUT2D eigenvalue weighted by Crippen LogP contribution is -2.34. The molecule has 1 aromatic carbocycles. The van der Waals surface area contributed by atoms with Crippen molar-refractivity contribution in [2.75, 3.05) is 38.2 Å². The lowest BCUT2D eigenvalue weighted by Gasteiger charge is -2.30. The highest BCUT2D eigenvalue weighted by Crippen LogP contribution is 2.36. The fourth-order valence-electron chi connectivity index (χ4n) is 5.84. The van der Waals surface area contributed by atoms with Crippen LogP contribution < -0.4 is 5.32 Å². The third-order valence-corrected chi connectivity index (χ3v) is 7.78. The average Bonchev–Trinajstić information content (AvgIpc) is 3.38. The quantitative estimate of drug-likeness (QED) is 0.432. The molecule has 200 valence electrons.